The number of rotatable bonds is 7. The lowest BCUT2D eigenvalue weighted by atomic mass is 10.3. The molecule has 2 rings (SSSR count). The van der Waals surface area contributed by atoms with Crippen LogP contribution in [0.15, 0.2) is 64.4 Å². The standard InChI is InChI=1S/C17H20N2O3S2/c1-3-19(24(21,22)16-10-5-4-6-11-16)13-17(20)18-14-8-7-9-15(12-14)23-2/h4-12H,3,13H2,1-2H3,(H,18,20). The molecule has 0 radical (unpaired) electrons. The zero-order valence-corrected chi connectivity index (χ0v) is 15.2. The van der Waals surface area contributed by atoms with Gasteiger partial charge in [-0.2, -0.15) is 4.31 Å². The van der Waals surface area contributed by atoms with Gasteiger partial charge in [-0.3, -0.25) is 4.79 Å². The van der Waals surface area contributed by atoms with E-state index in [4.69, 9.17) is 0 Å². The predicted molar refractivity (Wildman–Crippen MR) is 97.7 cm³/mol. The number of anilines is 1. The van der Waals surface area contributed by atoms with Crippen molar-refractivity contribution in [2.45, 2.75) is 16.7 Å². The van der Waals surface area contributed by atoms with E-state index in [1.165, 1.54) is 12.1 Å². The monoisotopic (exact) mass is 364 g/mol. The lowest BCUT2D eigenvalue weighted by molar-refractivity contribution is -0.116. The Morgan fingerprint density at radius 1 is 1.12 bits per heavy atom. The third-order valence-electron chi connectivity index (χ3n) is 3.41. The van der Waals surface area contributed by atoms with Crippen molar-refractivity contribution in [2.24, 2.45) is 0 Å². The van der Waals surface area contributed by atoms with Crippen LogP contribution in [0.1, 0.15) is 6.92 Å². The van der Waals surface area contributed by atoms with Crippen LogP contribution >= 0.6 is 11.8 Å². The minimum atomic E-state index is -3.68. The molecule has 0 unspecified atom stereocenters. The highest BCUT2D eigenvalue weighted by Gasteiger charge is 2.24. The molecule has 24 heavy (non-hydrogen) atoms. The third-order valence-corrected chi connectivity index (χ3v) is 6.07. The summed E-state index contributed by atoms with van der Waals surface area (Å²) in [5.41, 5.74) is 0.653. The molecule has 2 aromatic carbocycles. The van der Waals surface area contributed by atoms with E-state index in [1.54, 1.807) is 43.0 Å². The summed E-state index contributed by atoms with van der Waals surface area (Å²) in [6.45, 7) is 1.70. The van der Waals surface area contributed by atoms with E-state index in [-0.39, 0.29) is 23.9 Å². The number of benzene rings is 2. The maximum absolute atomic E-state index is 12.6. The minimum absolute atomic E-state index is 0.184. The number of carbonyl (C=O) groups is 1. The molecule has 0 saturated carbocycles. The molecule has 1 N–H and O–H groups in total. The maximum atomic E-state index is 12.6. The van der Waals surface area contributed by atoms with E-state index in [9.17, 15) is 13.2 Å². The Labute approximate surface area is 147 Å². The van der Waals surface area contributed by atoms with Gasteiger partial charge in [0, 0.05) is 17.1 Å². The molecule has 0 fully saturated rings. The first-order valence-corrected chi connectivity index (χ1v) is 10.1. The second kappa shape index (κ2) is 8.32. The molecule has 128 valence electrons. The normalized spacial score (nSPS) is 11.5. The largest absolute Gasteiger partial charge is 0.325 e. The summed E-state index contributed by atoms with van der Waals surface area (Å²) in [6, 6.07) is 15.5. The molecule has 0 aromatic heterocycles. The number of sulfonamides is 1. The molecule has 2 aromatic rings. The fourth-order valence-corrected chi connectivity index (χ4v) is 4.06. The highest BCUT2D eigenvalue weighted by atomic mass is 32.2. The minimum Gasteiger partial charge on any atom is -0.325 e. The lowest BCUT2D eigenvalue weighted by Gasteiger charge is -2.20. The highest BCUT2D eigenvalue weighted by molar-refractivity contribution is 7.98. The molecule has 1 amide bonds. The molecule has 0 aliphatic heterocycles. The average Bonchev–Trinajstić information content (AvgIpc) is 2.60. The van der Waals surface area contributed by atoms with Gasteiger partial charge in [0.05, 0.1) is 11.4 Å². The van der Waals surface area contributed by atoms with Crippen molar-refractivity contribution in [3.63, 3.8) is 0 Å². The zero-order chi connectivity index (χ0) is 17.6. The first-order valence-electron chi connectivity index (χ1n) is 7.46. The molecule has 0 aliphatic rings. The molecule has 0 aliphatic carbocycles. The summed E-state index contributed by atoms with van der Waals surface area (Å²) in [4.78, 5) is 13.4. The summed E-state index contributed by atoms with van der Waals surface area (Å²) in [5.74, 6) is -0.366. The average molecular weight is 364 g/mol. The van der Waals surface area contributed by atoms with Crippen molar-refractivity contribution < 1.29 is 13.2 Å². The van der Waals surface area contributed by atoms with Gasteiger partial charge in [-0.15, -0.1) is 11.8 Å². The zero-order valence-electron chi connectivity index (χ0n) is 13.6. The lowest BCUT2D eigenvalue weighted by Crippen LogP contribution is -2.37. The van der Waals surface area contributed by atoms with Crippen LogP contribution in [0.3, 0.4) is 0 Å². The molecule has 0 atom stereocenters. The van der Waals surface area contributed by atoms with Gasteiger partial charge in [0.15, 0.2) is 0 Å². The maximum Gasteiger partial charge on any atom is 0.243 e. The summed E-state index contributed by atoms with van der Waals surface area (Å²) < 4.78 is 26.4. The summed E-state index contributed by atoms with van der Waals surface area (Å²) >= 11 is 1.57. The summed E-state index contributed by atoms with van der Waals surface area (Å²) in [5, 5.41) is 2.75. The number of likely N-dealkylation sites (N-methyl/N-ethyl adjacent to an activating group) is 1. The van der Waals surface area contributed by atoms with Crippen LogP contribution in [0, 0.1) is 0 Å². The van der Waals surface area contributed by atoms with E-state index in [0.717, 1.165) is 9.20 Å². The van der Waals surface area contributed by atoms with E-state index in [2.05, 4.69) is 5.32 Å². The topological polar surface area (TPSA) is 66.5 Å². The van der Waals surface area contributed by atoms with Crippen LogP contribution in [0.5, 0.6) is 0 Å². The Morgan fingerprint density at radius 2 is 1.83 bits per heavy atom. The number of amides is 1. The predicted octanol–water partition coefficient (Wildman–Crippen LogP) is 3.06. The fourth-order valence-electron chi connectivity index (χ4n) is 2.17. The van der Waals surface area contributed by atoms with Crippen LogP contribution in [0.25, 0.3) is 0 Å². The van der Waals surface area contributed by atoms with Gasteiger partial charge in [-0.1, -0.05) is 31.2 Å². The fraction of sp³-hybridized carbons (Fsp3) is 0.235. The van der Waals surface area contributed by atoms with E-state index in [1.807, 2.05) is 24.5 Å². The van der Waals surface area contributed by atoms with E-state index < -0.39 is 10.0 Å². The Kier molecular flexibility index (Phi) is 6.42. The van der Waals surface area contributed by atoms with Crippen LogP contribution in [0.2, 0.25) is 0 Å². The van der Waals surface area contributed by atoms with Gasteiger partial charge in [0.25, 0.3) is 0 Å². The van der Waals surface area contributed by atoms with E-state index in [0.29, 0.717) is 5.69 Å². The Hall–Kier alpha value is -1.83. The molecule has 5 nitrogen and oxygen atoms in total. The second-order valence-corrected chi connectivity index (χ2v) is 7.84. The van der Waals surface area contributed by atoms with Gasteiger partial charge in [0.2, 0.25) is 15.9 Å². The number of hydrogen-bond acceptors (Lipinski definition) is 4. The smallest absolute Gasteiger partial charge is 0.243 e. The van der Waals surface area contributed by atoms with Crippen molar-refractivity contribution in [3.8, 4) is 0 Å². The SMILES string of the molecule is CCN(CC(=O)Nc1cccc(SC)c1)S(=O)(=O)c1ccccc1. The quantitative estimate of drug-likeness (QED) is 0.767. The summed E-state index contributed by atoms with van der Waals surface area (Å²) in [7, 11) is -3.68. The molecule has 0 spiro atoms. The van der Waals surface area contributed by atoms with Crippen molar-refractivity contribution >= 4 is 33.4 Å². The van der Waals surface area contributed by atoms with E-state index >= 15 is 0 Å². The van der Waals surface area contributed by atoms with Crippen molar-refractivity contribution in [1.82, 2.24) is 4.31 Å². The second-order valence-electron chi connectivity index (χ2n) is 5.02. The molecular weight excluding hydrogens is 344 g/mol. The Balaban J connectivity index is 2.11. The van der Waals surface area contributed by atoms with Crippen LogP contribution in [0.4, 0.5) is 5.69 Å². The van der Waals surface area contributed by atoms with Crippen LogP contribution < -0.4 is 5.32 Å². The molecule has 0 heterocycles. The number of thioether (sulfide) groups is 1. The van der Waals surface area contributed by atoms with Crippen molar-refractivity contribution in [2.75, 3.05) is 24.7 Å². The van der Waals surface area contributed by atoms with Gasteiger partial charge in [0.1, 0.15) is 0 Å². The van der Waals surface area contributed by atoms with Gasteiger partial charge in [-0.05, 0) is 36.6 Å². The van der Waals surface area contributed by atoms with Crippen LogP contribution in [-0.4, -0.2) is 38.0 Å². The molecular formula is C17H20N2O3S2. The number of carbonyl (C=O) groups excluding carboxylic acids is 1. The third kappa shape index (κ3) is 4.59. The van der Waals surface area contributed by atoms with Gasteiger partial charge < -0.3 is 5.32 Å². The first kappa shape index (κ1) is 18.5. The Bertz CT molecular complexity index is 792. The van der Waals surface area contributed by atoms with Crippen molar-refractivity contribution in [1.29, 1.82) is 0 Å². The Morgan fingerprint density at radius 3 is 2.46 bits per heavy atom. The van der Waals surface area contributed by atoms with Crippen LogP contribution in [-0.2, 0) is 14.8 Å². The van der Waals surface area contributed by atoms with Crippen molar-refractivity contribution in [3.05, 3.63) is 54.6 Å². The number of hydrogen-bond donors (Lipinski definition) is 1. The van der Waals surface area contributed by atoms with Gasteiger partial charge >= 0.3 is 0 Å². The summed E-state index contributed by atoms with van der Waals surface area (Å²) in [6.07, 6.45) is 1.95. The number of nitrogens with zero attached hydrogens (tertiary/aromatic N) is 1. The first-order chi connectivity index (χ1) is 11.5. The molecule has 0 bridgehead atoms. The molecule has 7 heteroatoms. The number of nitrogens with one attached hydrogen (secondary N) is 1. The van der Waals surface area contributed by atoms with Gasteiger partial charge in [-0.25, -0.2) is 8.42 Å². The highest BCUT2D eigenvalue weighted by Crippen LogP contribution is 2.19. The molecule has 0 saturated heterocycles.